The zero-order chi connectivity index (χ0) is 19.6. The highest BCUT2D eigenvalue weighted by Crippen LogP contribution is 2.17. The van der Waals surface area contributed by atoms with E-state index in [1.54, 1.807) is 4.90 Å². The molecular weight excluding hydrogens is 344 g/mol. The van der Waals surface area contributed by atoms with Gasteiger partial charge < -0.3 is 19.1 Å². The Bertz CT molecular complexity index is 837. The number of hydrogen-bond acceptors (Lipinski definition) is 4. The topological polar surface area (TPSA) is 67.7 Å². The lowest BCUT2D eigenvalue weighted by atomic mass is 10.2. The summed E-state index contributed by atoms with van der Waals surface area (Å²) in [4.78, 5) is 33.2. The predicted octanol–water partition coefficient (Wildman–Crippen LogP) is 2.81. The van der Waals surface area contributed by atoms with Gasteiger partial charge in [0.15, 0.2) is 0 Å². The van der Waals surface area contributed by atoms with Gasteiger partial charge in [-0.3, -0.25) is 4.79 Å². The van der Waals surface area contributed by atoms with Gasteiger partial charge in [-0.05, 0) is 46.2 Å². The molecule has 0 atom stereocenters. The number of amides is 2. The second-order valence-electron chi connectivity index (χ2n) is 7.94. The second kappa shape index (κ2) is 7.58. The molecule has 2 heterocycles. The van der Waals surface area contributed by atoms with Crippen molar-refractivity contribution in [3.05, 3.63) is 30.1 Å². The van der Waals surface area contributed by atoms with Crippen LogP contribution in [0.4, 0.5) is 4.79 Å². The van der Waals surface area contributed by atoms with Crippen molar-refractivity contribution in [2.75, 3.05) is 26.2 Å². The fourth-order valence-corrected chi connectivity index (χ4v) is 3.31. The van der Waals surface area contributed by atoms with E-state index >= 15 is 0 Å². The van der Waals surface area contributed by atoms with Crippen LogP contribution in [0, 0.1) is 6.92 Å². The van der Waals surface area contributed by atoms with Gasteiger partial charge in [-0.2, -0.15) is 0 Å². The fraction of sp³-hybridized carbons (Fsp3) is 0.550. The number of carbonyl (C=O) groups is 2. The minimum Gasteiger partial charge on any atom is -0.444 e. The molecule has 7 nitrogen and oxygen atoms in total. The maximum atomic E-state index is 12.9. The van der Waals surface area contributed by atoms with Gasteiger partial charge in [-0.1, -0.05) is 12.1 Å². The number of rotatable bonds is 2. The first-order valence-corrected chi connectivity index (χ1v) is 9.42. The fourth-order valence-electron chi connectivity index (χ4n) is 3.31. The average molecular weight is 372 g/mol. The van der Waals surface area contributed by atoms with Crippen LogP contribution in [0.1, 0.15) is 33.0 Å². The van der Waals surface area contributed by atoms with Crippen molar-refractivity contribution in [1.82, 2.24) is 19.4 Å². The Kier molecular flexibility index (Phi) is 5.39. The van der Waals surface area contributed by atoms with Gasteiger partial charge in [-0.15, -0.1) is 0 Å². The molecule has 1 aromatic carbocycles. The number of benzene rings is 1. The van der Waals surface area contributed by atoms with E-state index in [1.165, 1.54) is 0 Å². The number of hydrogen-bond donors (Lipinski definition) is 0. The highest BCUT2D eigenvalue weighted by Gasteiger charge is 2.26. The van der Waals surface area contributed by atoms with Crippen LogP contribution in [0.15, 0.2) is 24.3 Å². The average Bonchev–Trinajstić information content (AvgIpc) is 2.76. The number of aryl methyl sites for hydroxylation is 1. The van der Waals surface area contributed by atoms with Crippen molar-refractivity contribution in [1.29, 1.82) is 0 Å². The summed E-state index contributed by atoms with van der Waals surface area (Å²) in [5.41, 5.74) is 1.35. The molecule has 1 aliphatic heterocycles. The summed E-state index contributed by atoms with van der Waals surface area (Å²) < 4.78 is 7.40. The maximum Gasteiger partial charge on any atom is 0.410 e. The lowest BCUT2D eigenvalue weighted by molar-refractivity contribution is -0.131. The van der Waals surface area contributed by atoms with Crippen molar-refractivity contribution in [3.8, 4) is 0 Å². The normalized spacial score (nSPS) is 15.7. The number of para-hydroxylation sites is 2. The summed E-state index contributed by atoms with van der Waals surface area (Å²) in [5, 5.41) is 0. The molecule has 146 valence electrons. The standard InChI is InChI=1S/C20H28N4O3/c1-15-21-16-8-5-6-9-17(16)24(15)14-18(25)22-10-7-11-23(13-12-22)19(26)27-20(2,3)4/h5-6,8-9H,7,10-14H2,1-4H3. The molecule has 0 aliphatic carbocycles. The number of fused-ring (bicyclic) bond motifs is 1. The summed E-state index contributed by atoms with van der Waals surface area (Å²) in [6.45, 7) is 10.0. The SMILES string of the molecule is Cc1nc2ccccc2n1CC(=O)N1CCCN(C(=O)OC(C)(C)C)CC1. The summed E-state index contributed by atoms with van der Waals surface area (Å²) in [6.07, 6.45) is 0.433. The molecule has 0 saturated carbocycles. The Labute approximate surface area is 159 Å². The molecule has 1 aromatic heterocycles. The van der Waals surface area contributed by atoms with E-state index < -0.39 is 5.60 Å². The number of ether oxygens (including phenoxy) is 1. The van der Waals surface area contributed by atoms with Gasteiger partial charge in [0.2, 0.25) is 5.91 Å². The maximum absolute atomic E-state index is 12.9. The number of aromatic nitrogens is 2. The monoisotopic (exact) mass is 372 g/mol. The van der Waals surface area contributed by atoms with Crippen LogP contribution >= 0.6 is 0 Å². The van der Waals surface area contributed by atoms with Gasteiger partial charge >= 0.3 is 6.09 Å². The summed E-state index contributed by atoms with van der Waals surface area (Å²) >= 11 is 0. The predicted molar refractivity (Wildman–Crippen MR) is 103 cm³/mol. The van der Waals surface area contributed by atoms with E-state index in [9.17, 15) is 9.59 Å². The van der Waals surface area contributed by atoms with Gasteiger partial charge in [0.1, 0.15) is 18.0 Å². The molecule has 7 heteroatoms. The summed E-state index contributed by atoms with van der Waals surface area (Å²) in [7, 11) is 0. The highest BCUT2D eigenvalue weighted by atomic mass is 16.6. The molecule has 2 aromatic rings. The summed E-state index contributed by atoms with van der Waals surface area (Å²) in [6, 6.07) is 7.83. The van der Waals surface area contributed by atoms with Crippen LogP contribution in [0.2, 0.25) is 0 Å². The zero-order valence-electron chi connectivity index (χ0n) is 16.6. The number of carbonyl (C=O) groups excluding carboxylic acids is 2. The third kappa shape index (κ3) is 4.59. The lowest BCUT2D eigenvalue weighted by Crippen LogP contribution is -2.40. The van der Waals surface area contributed by atoms with E-state index in [-0.39, 0.29) is 18.5 Å². The molecule has 2 amide bonds. The van der Waals surface area contributed by atoms with Crippen LogP contribution in [-0.4, -0.2) is 63.1 Å². The van der Waals surface area contributed by atoms with Crippen molar-refractivity contribution in [2.24, 2.45) is 0 Å². The quantitative estimate of drug-likeness (QED) is 0.813. The molecule has 1 fully saturated rings. The van der Waals surface area contributed by atoms with E-state index in [1.807, 2.05) is 61.4 Å². The van der Waals surface area contributed by atoms with Crippen LogP contribution in [0.25, 0.3) is 11.0 Å². The van der Waals surface area contributed by atoms with Crippen LogP contribution in [-0.2, 0) is 16.1 Å². The van der Waals surface area contributed by atoms with Gasteiger partial charge in [-0.25, -0.2) is 9.78 Å². The molecule has 0 spiro atoms. The van der Waals surface area contributed by atoms with Crippen molar-refractivity contribution in [2.45, 2.75) is 46.3 Å². The van der Waals surface area contributed by atoms with Gasteiger partial charge in [0, 0.05) is 26.2 Å². The number of nitrogens with zero attached hydrogens (tertiary/aromatic N) is 4. The molecule has 0 radical (unpaired) electrons. The van der Waals surface area contributed by atoms with Crippen molar-refractivity contribution >= 4 is 23.0 Å². The Morgan fingerprint density at radius 3 is 2.48 bits per heavy atom. The second-order valence-corrected chi connectivity index (χ2v) is 7.94. The van der Waals surface area contributed by atoms with Gasteiger partial charge in [0.05, 0.1) is 11.0 Å². The van der Waals surface area contributed by atoms with Crippen LogP contribution in [0.5, 0.6) is 0 Å². The Morgan fingerprint density at radius 1 is 1.07 bits per heavy atom. The number of imidazole rings is 1. The molecule has 0 N–H and O–H groups in total. The molecule has 0 unspecified atom stereocenters. The van der Waals surface area contributed by atoms with Crippen molar-refractivity contribution < 1.29 is 14.3 Å². The molecule has 1 saturated heterocycles. The van der Waals surface area contributed by atoms with E-state index in [0.29, 0.717) is 26.2 Å². The zero-order valence-corrected chi connectivity index (χ0v) is 16.6. The third-order valence-corrected chi connectivity index (χ3v) is 4.64. The van der Waals surface area contributed by atoms with Crippen LogP contribution in [0.3, 0.4) is 0 Å². The highest BCUT2D eigenvalue weighted by molar-refractivity contribution is 5.81. The lowest BCUT2D eigenvalue weighted by Gasteiger charge is -2.26. The minimum atomic E-state index is -0.515. The van der Waals surface area contributed by atoms with E-state index in [0.717, 1.165) is 23.3 Å². The van der Waals surface area contributed by atoms with Crippen LogP contribution < -0.4 is 0 Å². The van der Waals surface area contributed by atoms with E-state index in [4.69, 9.17) is 4.74 Å². The first-order valence-electron chi connectivity index (χ1n) is 9.42. The third-order valence-electron chi connectivity index (χ3n) is 4.64. The first kappa shape index (κ1) is 19.2. The largest absolute Gasteiger partial charge is 0.444 e. The Hall–Kier alpha value is -2.57. The molecule has 3 rings (SSSR count). The molecule has 0 bridgehead atoms. The first-order chi connectivity index (χ1) is 12.7. The van der Waals surface area contributed by atoms with Crippen molar-refractivity contribution in [3.63, 3.8) is 0 Å². The van der Waals surface area contributed by atoms with E-state index in [2.05, 4.69) is 4.98 Å². The molecule has 27 heavy (non-hydrogen) atoms. The Balaban J connectivity index is 1.64. The smallest absolute Gasteiger partial charge is 0.410 e. The van der Waals surface area contributed by atoms with Gasteiger partial charge in [0.25, 0.3) is 0 Å². The summed E-state index contributed by atoms with van der Waals surface area (Å²) in [5.74, 6) is 0.877. The Morgan fingerprint density at radius 2 is 1.74 bits per heavy atom. The molecule has 1 aliphatic rings. The minimum absolute atomic E-state index is 0.0484. The molecular formula is C20H28N4O3.